The van der Waals surface area contributed by atoms with Crippen molar-refractivity contribution in [2.24, 2.45) is 0 Å². The molecule has 2 amide bonds. The maximum absolute atomic E-state index is 12.4. The van der Waals surface area contributed by atoms with Crippen LogP contribution in [0.4, 0.5) is 11.4 Å². The summed E-state index contributed by atoms with van der Waals surface area (Å²) in [5.41, 5.74) is 3.91. The molecule has 2 aromatic carbocycles. The second-order valence-corrected chi connectivity index (χ2v) is 7.48. The summed E-state index contributed by atoms with van der Waals surface area (Å²) >= 11 is 5.85. The molecule has 152 valence electrons. The summed E-state index contributed by atoms with van der Waals surface area (Å²) in [7, 11) is 0. The summed E-state index contributed by atoms with van der Waals surface area (Å²) in [4.78, 5) is 31.2. The number of nitrogens with one attached hydrogen (secondary N) is 2. The Morgan fingerprint density at radius 2 is 1.83 bits per heavy atom. The van der Waals surface area contributed by atoms with Crippen molar-refractivity contribution in [2.45, 2.75) is 12.5 Å². The van der Waals surface area contributed by atoms with Gasteiger partial charge in [0.15, 0.2) is 0 Å². The second kappa shape index (κ2) is 8.97. The van der Waals surface area contributed by atoms with Crippen LogP contribution in [0.2, 0.25) is 5.02 Å². The van der Waals surface area contributed by atoms with Crippen molar-refractivity contribution >= 4 is 34.8 Å². The number of nitrogens with zero attached hydrogens (tertiary/aromatic N) is 2. The van der Waals surface area contributed by atoms with Gasteiger partial charge in [-0.15, -0.1) is 0 Å². The maximum atomic E-state index is 12.4. The van der Waals surface area contributed by atoms with Gasteiger partial charge in [0.1, 0.15) is 0 Å². The fourth-order valence-electron chi connectivity index (χ4n) is 3.66. The summed E-state index contributed by atoms with van der Waals surface area (Å²) in [6, 6.07) is 18.6. The van der Waals surface area contributed by atoms with Crippen LogP contribution in [-0.4, -0.2) is 29.9 Å². The normalized spacial score (nSPS) is 13.4. The van der Waals surface area contributed by atoms with E-state index >= 15 is 0 Å². The molecule has 1 aromatic heterocycles. The summed E-state index contributed by atoms with van der Waals surface area (Å²) in [5, 5.41) is 5.91. The molecule has 2 N–H and O–H groups in total. The van der Waals surface area contributed by atoms with Crippen LogP contribution >= 0.6 is 11.6 Å². The Labute approximate surface area is 179 Å². The third kappa shape index (κ3) is 4.44. The molecule has 30 heavy (non-hydrogen) atoms. The third-order valence-electron chi connectivity index (χ3n) is 5.13. The van der Waals surface area contributed by atoms with Gasteiger partial charge >= 0.3 is 11.8 Å². The highest BCUT2D eigenvalue weighted by Crippen LogP contribution is 2.34. The van der Waals surface area contributed by atoms with Crippen LogP contribution in [0.25, 0.3) is 0 Å². The lowest BCUT2D eigenvalue weighted by molar-refractivity contribution is -0.136. The molecule has 4 rings (SSSR count). The summed E-state index contributed by atoms with van der Waals surface area (Å²) in [5.74, 6) is -1.41. The first-order chi connectivity index (χ1) is 14.6. The first-order valence-corrected chi connectivity index (χ1v) is 10.1. The number of amides is 2. The topological polar surface area (TPSA) is 74.3 Å². The predicted molar refractivity (Wildman–Crippen MR) is 118 cm³/mol. The Bertz CT molecular complexity index is 1040. The highest BCUT2D eigenvalue weighted by molar-refractivity contribution is 6.39. The van der Waals surface area contributed by atoms with Crippen LogP contribution in [0.1, 0.15) is 17.2 Å². The molecule has 0 fully saturated rings. The van der Waals surface area contributed by atoms with Gasteiger partial charge in [0.25, 0.3) is 0 Å². The van der Waals surface area contributed by atoms with E-state index in [9.17, 15) is 9.59 Å². The number of anilines is 2. The first-order valence-electron chi connectivity index (χ1n) is 9.71. The van der Waals surface area contributed by atoms with Gasteiger partial charge in [-0.05, 0) is 53.9 Å². The van der Waals surface area contributed by atoms with E-state index in [0.717, 1.165) is 24.2 Å². The molecule has 1 aliphatic rings. The zero-order chi connectivity index (χ0) is 20.9. The average Bonchev–Trinajstić information content (AvgIpc) is 3.20. The Kier molecular flexibility index (Phi) is 5.95. The molecule has 0 bridgehead atoms. The van der Waals surface area contributed by atoms with Gasteiger partial charge in [0.05, 0.1) is 6.04 Å². The lowest BCUT2D eigenvalue weighted by Crippen LogP contribution is -2.41. The molecule has 0 spiro atoms. The maximum Gasteiger partial charge on any atom is 0.313 e. The van der Waals surface area contributed by atoms with Crippen LogP contribution in [0, 0.1) is 0 Å². The van der Waals surface area contributed by atoms with Crippen molar-refractivity contribution in [2.75, 3.05) is 23.3 Å². The zero-order valence-corrected chi connectivity index (χ0v) is 17.0. The first kappa shape index (κ1) is 19.9. The van der Waals surface area contributed by atoms with Gasteiger partial charge in [-0.2, -0.15) is 0 Å². The van der Waals surface area contributed by atoms with E-state index in [1.165, 1.54) is 5.56 Å². The summed E-state index contributed by atoms with van der Waals surface area (Å²) < 4.78 is 0. The molecule has 0 unspecified atom stereocenters. The van der Waals surface area contributed by atoms with Crippen molar-refractivity contribution < 1.29 is 9.59 Å². The SMILES string of the molecule is O=C(NC[C@H](c1cccnc1)N1CCc2ccccc21)C(=O)Nc1ccc(Cl)cc1. The van der Waals surface area contributed by atoms with E-state index in [1.807, 2.05) is 24.3 Å². The number of fused-ring (bicyclic) bond motifs is 1. The predicted octanol–water partition coefficient (Wildman–Crippen LogP) is 3.59. The van der Waals surface area contributed by atoms with Gasteiger partial charge < -0.3 is 15.5 Å². The van der Waals surface area contributed by atoms with Gasteiger partial charge in [0, 0.05) is 41.9 Å². The molecule has 0 saturated carbocycles. The minimum atomic E-state index is -0.718. The second-order valence-electron chi connectivity index (χ2n) is 7.05. The van der Waals surface area contributed by atoms with Crippen LogP contribution in [0.15, 0.2) is 73.1 Å². The molecule has 7 heteroatoms. The monoisotopic (exact) mass is 420 g/mol. The van der Waals surface area contributed by atoms with Crippen molar-refractivity contribution in [1.82, 2.24) is 10.3 Å². The van der Waals surface area contributed by atoms with E-state index in [0.29, 0.717) is 10.7 Å². The minimum Gasteiger partial charge on any atom is -0.362 e. The smallest absolute Gasteiger partial charge is 0.313 e. The third-order valence-corrected chi connectivity index (χ3v) is 5.38. The van der Waals surface area contributed by atoms with Gasteiger partial charge in [-0.3, -0.25) is 14.6 Å². The van der Waals surface area contributed by atoms with E-state index < -0.39 is 11.8 Å². The van der Waals surface area contributed by atoms with Crippen LogP contribution < -0.4 is 15.5 Å². The Balaban J connectivity index is 1.47. The fourth-order valence-corrected chi connectivity index (χ4v) is 3.79. The van der Waals surface area contributed by atoms with Crippen molar-refractivity contribution in [3.8, 4) is 0 Å². The number of hydrogen-bond donors (Lipinski definition) is 2. The number of carbonyl (C=O) groups excluding carboxylic acids is 2. The van der Waals surface area contributed by atoms with Crippen molar-refractivity contribution in [3.05, 3.63) is 89.2 Å². The van der Waals surface area contributed by atoms with Crippen molar-refractivity contribution in [1.29, 1.82) is 0 Å². The number of benzene rings is 2. The molecule has 3 aromatic rings. The number of pyridine rings is 1. The standard InChI is InChI=1S/C23H21ClN4O2/c24-18-7-9-19(10-8-18)27-23(30)22(29)26-15-21(17-5-3-12-25-14-17)28-13-11-16-4-1-2-6-20(16)28/h1-10,12,14,21H,11,13,15H2,(H,26,29)(H,27,30)/t21-/m1/s1. The summed E-state index contributed by atoms with van der Waals surface area (Å²) in [6.45, 7) is 1.12. The lowest BCUT2D eigenvalue weighted by Gasteiger charge is -2.30. The molecule has 0 saturated heterocycles. The quantitative estimate of drug-likeness (QED) is 0.618. The summed E-state index contributed by atoms with van der Waals surface area (Å²) in [6.07, 6.45) is 4.46. The minimum absolute atomic E-state index is 0.130. The van der Waals surface area contributed by atoms with E-state index in [1.54, 1.807) is 36.7 Å². The number of rotatable bonds is 5. The molecule has 1 atom stereocenters. The highest BCUT2D eigenvalue weighted by atomic mass is 35.5. The molecule has 6 nitrogen and oxygen atoms in total. The molecule has 0 radical (unpaired) electrons. The lowest BCUT2D eigenvalue weighted by atomic mass is 10.1. The molecular weight excluding hydrogens is 400 g/mol. The van der Waals surface area contributed by atoms with Gasteiger partial charge in [-0.25, -0.2) is 0 Å². The van der Waals surface area contributed by atoms with E-state index in [2.05, 4.69) is 32.7 Å². The van der Waals surface area contributed by atoms with Crippen molar-refractivity contribution in [3.63, 3.8) is 0 Å². The van der Waals surface area contributed by atoms with Crippen LogP contribution in [-0.2, 0) is 16.0 Å². The van der Waals surface area contributed by atoms with Gasteiger partial charge in [-0.1, -0.05) is 35.9 Å². The Hall–Kier alpha value is -3.38. The fraction of sp³-hybridized carbons (Fsp3) is 0.174. The van der Waals surface area contributed by atoms with E-state index in [-0.39, 0.29) is 12.6 Å². The van der Waals surface area contributed by atoms with Crippen LogP contribution in [0.3, 0.4) is 0 Å². The molecular formula is C23H21ClN4O2. The number of carbonyl (C=O) groups is 2. The number of aromatic nitrogens is 1. The highest BCUT2D eigenvalue weighted by Gasteiger charge is 2.28. The molecule has 0 aliphatic carbocycles. The number of halogens is 1. The number of para-hydroxylation sites is 1. The molecule has 1 aliphatic heterocycles. The van der Waals surface area contributed by atoms with Crippen LogP contribution in [0.5, 0.6) is 0 Å². The zero-order valence-electron chi connectivity index (χ0n) is 16.2. The number of hydrogen-bond acceptors (Lipinski definition) is 4. The van der Waals surface area contributed by atoms with Gasteiger partial charge in [0.2, 0.25) is 0 Å². The Morgan fingerprint density at radius 1 is 1.03 bits per heavy atom. The average molecular weight is 421 g/mol. The Morgan fingerprint density at radius 3 is 2.60 bits per heavy atom. The van der Waals surface area contributed by atoms with E-state index in [4.69, 9.17) is 11.6 Å². The largest absolute Gasteiger partial charge is 0.362 e. The molecule has 2 heterocycles.